The average molecular weight is 273 g/mol. The predicted molar refractivity (Wildman–Crippen MR) is 87.8 cm³/mol. The highest BCUT2D eigenvalue weighted by molar-refractivity contribution is 5.30. The molecule has 20 heavy (non-hydrogen) atoms. The summed E-state index contributed by atoms with van der Waals surface area (Å²) in [7, 11) is 0. The van der Waals surface area contributed by atoms with Gasteiger partial charge in [-0.15, -0.1) is 0 Å². The van der Waals surface area contributed by atoms with Crippen LogP contribution in [0.4, 0.5) is 0 Å². The van der Waals surface area contributed by atoms with Crippen LogP contribution in [-0.4, -0.2) is 0 Å². The minimum absolute atomic E-state index is 0.223. The molecule has 1 saturated carbocycles. The Balaban J connectivity index is 2.06. The second-order valence-electron chi connectivity index (χ2n) is 7.41. The Morgan fingerprint density at radius 2 is 1.65 bits per heavy atom. The van der Waals surface area contributed by atoms with Crippen molar-refractivity contribution in [3.8, 4) is 0 Å². The van der Waals surface area contributed by atoms with E-state index in [1.165, 1.54) is 43.2 Å². The maximum Gasteiger partial charge on any atom is 0.0323 e. The molecule has 0 amide bonds. The molecule has 2 N–H and O–H groups in total. The van der Waals surface area contributed by atoms with Crippen LogP contribution < -0.4 is 5.73 Å². The highest BCUT2D eigenvalue weighted by atomic mass is 14.7. The molecular formula is C19H31N. The van der Waals surface area contributed by atoms with Gasteiger partial charge in [0.2, 0.25) is 0 Å². The van der Waals surface area contributed by atoms with Gasteiger partial charge in [0.1, 0.15) is 0 Å². The molecule has 0 aromatic heterocycles. The van der Waals surface area contributed by atoms with E-state index in [-0.39, 0.29) is 11.5 Å². The standard InChI is InChI=1S/C19H31N/c1-5-19(3,4)17-12-10-16(11-13-17)18(20)15-8-6-14(2)7-9-15/h10-15,18H,5-9,20H2,1-4H3. The van der Waals surface area contributed by atoms with Gasteiger partial charge >= 0.3 is 0 Å². The molecule has 1 atom stereocenters. The van der Waals surface area contributed by atoms with Crippen LogP contribution >= 0.6 is 0 Å². The summed E-state index contributed by atoms with van der Waals surface area (Å²) in [4.78, 5) is 0. The van der Waals surface area contributed by atoms with Crippen LogP contribution in [-0.2, 0) is 5.41 Å². The third-order valence-electron chi connectivity index (χ3n) is 5.53. The van der Waals surface area contributed by atoms with Gasteiger partial charge in [0.15, 0.2) is 0 Å². The lowest BCUT2D eigenvalue weighted by molar-refractivity contribution is 0.256. The largest absolute Gasteiger partial charge is 0.324 e. The first kappa shape index (κ1) is 15.6. The van der Waals surface area contributed by atoms with Crippen molar-refractivity contribution in [3.63, 3.8) is 0 Å². The molecule has 0 aliphatic heterocycles. The SMILES string of the molecule is CCC(C)(C)c1ccc(C(N)C2CCC(C)CC2)cc1. The fourth-order valence-corrected chi connectivity index (χ4v) is 3.28. The van der Waals surface area contributed by atoms with Crippen molar-refractivity contribution in [2.45, 2.75) is 71.3 Å². The van der Waals surface area contributed by atoms with Crippen LogP contribution in [0.5, 0.6) is 0 Å². The van der Waals surface area contributed by atoms with E-state index in [0.29, 0.717) is 5.92 Å². The van der Waals surface area contributed by atoms with Gasteiger partial charge in [-0.05, 0) is 47.6 Å². The van der Waals surface area contributed by atoms with Crippen molar-refractivity contribution in [2.75, 3.05) is 0 Å². The van der Waals surface area contributed by atoms with Gasteiger partial charge in [-0.2, -0.15) is 0 Å². The van der Waals surface area contributed by atoms with Crippen LogP contribution in [0.25, 0.3) is 0 Å². The van der Waals surface area contributed by atoms with Gasteiger partial charge in [0.05, 0.1) is 0 Å². The predicted octanol–water partition coefficient (Wildman–Crippen LogP) is 5.20. The molecule has 0 heterocycles. The number of benzene rings is 1. The molecule has 0 radical (unpaired) electrons. The Hall–Kier alpha value is -0.820. The van der Waals surface area contributed by atoms with Crippen LogP contribution in [0.15, 0.2) is 24.3 Å². The fourth-order valence-electron chi connectivity index (χ4n) is 3.28. The van der Waals surface area contributed by atoms with Gasteiger partial charge in [-0.1, -0.05) is 64.8 Å². The summed E-state index contributed by atoms with van der Waals surface area (Å²) in [6.07, 6.45) is 6.45. The van der Waals surface area contributed by atoms with Gasteiger partial charge in [-0.25, -0.2) is 0 Å². The van der Waals surface area contributed by atoms with E-state index in [9.17, 15) is 0 Å². The molecule has 0 saturated heterocycles. The van der Waals surface area contributed by atoms with Crippen molar-refractivity contribution in [2.24, 2.45) is 17.6 Å². The summed E-state index contributed by atoms with van der Waals surface area (Å²) in [5.41, 5.74) is 9.52. The molecular weight excluding hydrogens is 242 g/mol. The summed E-state index contributed by atoms with van der Waals surface area (Å²) in [5.74, 6) is 1.57. The summed E-state index contributed by atoms with van der Waals surface area (Å²) in [6, 6.07) is 9.31. The minimum Gasteiger partial charge on any atom is -0.324 e. The molecule has 1 nitrogen and oxygen atoms in total. The van der Waals surface area contributed by atoms with Crippen LogP contribution in [0, 0.1) is 11.8 Å². The Kier molecular flexibility index (Phi) is 4.90. The first-order valence-electron chi connectivity index (χ1n) is 8.30. The summed E-state index contributed by atoms with van der Waals surface area (Å²) in [5, 5.41) is 0. The Bertz CT molecular complexity index is 410. The first-order valence-corrected chi connectivity index (χ1v) is 8.30. The van der Waals surface area contributed by atoms with Crippen molar-refractivity contribution >= 4 is 0 Å². The zero-order chi connectivity index (χ0) is 14.8. The number of hydrogen-bond acceptors (Lipinski definition) is 1. The minimum atomic E-state index is 0.223. The van der Waals surface area contributed by atoms with Crippen molar-refractivity contribution < 1.29 is 0 Å². The Labute approximate surface area is 125 Å². The van der Waals surface area contributed by atoms with Crippen molar-refractivity contribution in [1.29, 1.82) is 0 Å². The van der Waals surface area contributed by atoms with E-state index in [1.807, 2.05) is 0 Å². The molecule has 1 aliphatic carbocycles. The normalized spacial score (nSPS) is 25.4. The lowest BCUT2D eigenvalue weighted by Gasteiger charge is -2.31. The van der Waals surface area contributed by atoms with E-state index in [2.05, 4.69) is 52.0 Å². The third kappa shape index (κ3) is 3.44. The lowest BCUT2D eigenvalue weighted by Crippen LogP contribution is -2.25. The van der Waals surface area contributed by atoms with Gasteiger partial charge in [-0.3, -0.25) is 0 Å². The van der Waals surface area contributed by atoms with Crippen molar-refractivity contribution in [1.82, 2.24) is 0 Å². The molecule has 1 aromatic rings. The van der Waals surface area contributed by atoms with E-state index in [4.69, 9.17) is 5.73 Å². The van der Waals surface area contributed by atoms with Gasteiger partial charge in [0.25, 0.3) is 0 Å². The van der Waals surface area contributed by atoms with Crippen LogP contribution in [0.2, 0.25) is 0 Å². The summed E-state index contributed by atoms with van der Waals surface area (Å²) >= 11 is 0. The van der Waals surface area contributed by atoms with E-state index in [1.54, 1.807) is 0 Å². The zero-order valence-corrected chi connectivity index (χ0v) is 13.7. The highest BCUT2D eigenvalue weighted by Crippen LogP contribution is 2.36. The maximum absolute atomic E-state index is 6.51. The van der Waals surface area contributed by atoms with E-state index >= 15 is 0 Å². The topological polar surface area (TPSA) is 26.0 Å². The van der Waals surface area contributed by atoms with Crippen molar-refractivity contribution in [3.05, 3.63) is 35.4 Å². The molecule has 1 fully saturated rings. The smallest absolute Gasteiger partial charge is 0.0323 e. The number of nitrogens with two attached hydrogens (primary N) is 1. The second kappa shape index (κ2) is 6.30. The molecule has 1 heteroatoms. The maximum atomic E-state index is 6.51. The van der Waals surface area contributed by atoms with Crippen LogP contribution in [0.3, 0.4) is 0 Å². The monoisotopic (exact) mass is 273 g/mol. The average Bonchev–Trinajstić information content (AvgIpc) is 2.47. The third-order valence-corrected chi connectivity index (χ3v) is 5.53. The Morgan fingerprint density at radius 1 is 1.10 bits per heavy atom. The Morgan fingerprint density at radius 3 is 2.15 bits per heavy atom. The molecule has 0 bridgehead atoms. The molecule has 2 rings (SSSR count). The molecule has 1 unspecified atom stereocenters. The highest BCUT2D eigenvalue weighted by Gasteiger charge is 2.25. The van der Waals surface area contributed by atoms with Crippen LogP contribution in [0.1, 0.15) is 77.0 Å². The second-order valence-corrected chi connectivity index (χ2v) is 7.41. The molecule has 0 spiro atoms. The number of rotatable bonds is 4. The summed E-state index contributed by atoms with van der Waals surface area (Å²) in [6.45, 7) is 9.24. The van der Waals surface area contributed by atoms with Gasteiger partial charge < -0.3 is 5.73 Å². The first-order chi connectivity index (χ1) is 9.44. The van der Waals surface area contributed by atoms with E-state index in [0.717, 1.165) is 5.92 Å². The zero-order valence-electron chi connectivity index (χ0n) is 13.7. The lowest BCUT2D eigenvalue weighted by atomic mass is 9.77. The molecule has 1 aromatic carbocycles. The fraction of sp³-hybridized carbons (Fsp3) is 0.684. The number of hydrogen-bond donors (Lipinski definition) is 1. The summed E-state index contributed by atoms with van der Waals surface area (Å²) < 4.78 is 0. The molecule has 112 valence electrons. The van der Waals surface area contributed by atoms with Gasteiger partial charge in [0, 0.05) is 6.04 Å². The molecule has 1 aliphatic rings. The van der Waals surface area contributed by atoms with E-state index < -0.39 is 0 Å². The quantitative estimate of drug-likeness (QED) is 0.801.